The summed E-state index contributed by atoms with van der Waals surface area (Å²) in [5.41, 5.74) is 3.57. The van der Waals surface area contributed by atoms with Gasteiger partial charge in [-0.1, -0.05) is 24.3 Å². The lowest BCUT2D eigenvalue weighted by molar-refractivity contribution is 0.0728. The van der Waals surface area contributed by atoms with Gasteiger partial charge < -0.3 is 23.4 Å². The van der Waals surface area contributed by atoms with E-state index in [4.69, 9.17) is 13.9 Å². The fourth-order valence-electron chi connectivity index (χ4n) is 5.12. The predicted molar refractivity (Wildman–Crippen MR) is 131 cm³/mol. The molecular formula is C27H31N3O5. The van der Waals surface area contributed by atoms with Gasteiger partial charge in [0.2, 0.25) is 0 Å². The van der Waals surface area contributed by atoms with Crippen LogP contribution >= 0.6 is 0 Å². The summed E-state index contributed by atoms with van der Waals surface area (Å²) in [6, 6.07) is 13.6. The molecule has 0 radical (unpaired) electrons. The number of carbonyl (C=O) groups excluding carboxylic acids is 1. The van der Waals surface area contributed by atoms with Crippen molar-refractivity contribution in [1.82, 2.24) is 14.4 Å². The van der Waals surface area contributed by atoms with Crippen LogP contribution in [0.25, 0.3) is 0 Å². The molecule has 0 N–H and O–H groups in total. The number of fused-ring (bicyclic) bond motifs is 2. The van der Waals surface area contributed by atoms with Crippen molar-refractivity contribution >= 4 is 5.91 Å². The number of aromatic nitrogens is 1. The number of ether oxygens (including phenoxy) is 2. The third kappa shape index (κ3) is 4.76. The highest BCUT2D eigenvalue weighted by Gasteiger charge is 2.30. The molecule has 0 saturated heterocycles. The molecule has 4 heterocycles. The zero-order chi connectivity index (χ0) is 24.4. The molecule has 2 aromatic heterocycles. The highest BCUT2D eigenvalue weighted by atomic mass is 16.5. The third-order valence-electron chi connectivity index (χ3n) is 6.92. The van der Waals surface area contributed by atoms with Crippen LogP contribution in [0, 0.1) is 0 Å². The fraction of sp³-hybridized carbons (Fsp3) is 0.407. The quantitative estimate of drug-likeness (QED) is 0.544. The molecule has 2 aliphatic rings. The van der Waals surface area contributed by atoms with E-state index in [1.54, 1.807) is 11.7 Å². The van der Waals surface area contributed by atoms with E-state index in [1.807, 2.05) is 29.2 Å². The molecule has 35 heavy (non-hydrogen) atoms. The second kappa shape index (κ2) is 10.1. The van der Waals surface area contributed by atoms with Crippen LogP contribution in [0.4, 0.5) is 0 Å². The highest BCUT2D eigenvalue weighted by molar-refractivity contribution is 5.98. The fourth-order valence-corrected chi connectivity index (χ4v) is 5.12. The molecule has 8 nitrogen and oxygen atoms in total. The van der Waals surface area contributed by atoms with Gasteiger partial charge in [-0.15, -0.1) is 0 Å². The molecule has 1 amide bonds. The molecule has 0 fully saturated rings. The van der Waals surface area contributed by atoms with E-state index >= 15 is 0 Å². The predicted octanol–water partition coefficient (Wildman–Crippen LogP) is 2.85. The van der Waals surface area contributed by atoms with Crippen LogP contribution in [0.3, 0.4) is 0 Å². The van der Waals surface area contributed by atoms with Crippen LogP contribution in [-0.2, 0) is 43.8 Å². The average molecular weight is 478 g/mol. The summed E-state index contributed by atoms with van der Waals surface area (Å²) in [4.78, 5) is 30.9. The minimum absolute atomic E-state index is 0.0798. The molecule has 0 aliphatic carbocycles. The largest absolute Gasteiger partial charge is 0.496 e. The molecule has 0 unspecified atom stereocenters. The normalized spacial score (nSPS) is 15.9. The van der Waals surface area contributed by atoms with Crippen molar-refractivity contribution in [1.29, 1.82) is 0 Å². The Kier molecular flexibility index (Phi) is 6.74. The number of hydrogen-bond donors (Lipinski definition) is 0. The van der Waals surface area contributed by atoms with E-state index in [9.17, 15) is 9.59 Å². The number of hydrogen-bond acceptors (Lipinski definition) is 6. The van der Waals surface area contributed by atoms with E-state index in [2.05, 4.69) is 17.0 Å². The summed E-state index contributed by atoms with van der Waals surface area (Å²) in [5.74, 6) is 1.92. The van der Waals surface area contributed by atoms with Crippen molar-refractivity contribution in [2.45, 2.75) is 39.1 Å². The molecular weight excluding hydrogens is 446 g/mol. The molecule has 184 valence electrons. The van der Waals surface area contributed by atoms with Crippen molar-refractivity contribution in [2.75, 3.05) is 33.9 Å². The molecule has 0 spiro atoms. The van der Waals surface area contributed by atoms with Gasteiger partial charge in [-0.2, -0.15) is 0 Å². The second-order valence-corrected chi connectivity index (χ2v) is 9.10. The Bertz CT molecular complexity index is 1280. The SMILES string of the molecule is COCc1ccc(CN2CCc3c(C(=O)N4CCc5ccccc5C4)c(OC)cc(=O)n3CC2)o1. The van der Waals surface area contributed by atoms with Gasteiger partial charge in [-0.05, 0) is 29.7 Å². The average Bonchev–Trinajstić information content (AvgIpc) is 3.20. The lowest BCUT2D eigenvalue weighted by atomic mass is 9.98. The van der Waals surface area contributed by atoms with E-state index in [0.29, 0.717) is 63.6 Å². The summed E-state index contributed by atoms with van der Waals surface area (Å²) in [6.07, 6.45) is 1.39. The standard InChI is InChI=1S/C27H31N3O5/c1-33-18-22-8-7-21(35-22)17-28-11-10-23-26(24(34-2)15-25(31)30(23)14-13-28)27(32)29-12-9-19-5-3-4-6-20(19)16-29/h3-8,15H,9-14,16-18H2,1-2H3. The molecule has 0 saturated carbocycles. The summed E-state index contributed by atoms with van der Waals surface area (Å²) in [7, 11) is 3.16. The number of benzene rings is 1. The highest BCUT2D eigenvalue weighted by Crippen LogP contribution is 2.28. The zero-order valence-electron chi connectivity index (χ0n) is 20.3. The maximum absolute atomic E-state index is 13.8. The van der Waals surface area contributed by atoms with Crippen LogP contribution in [0.5, 0.6) is 5.75 Å². The summed E-state index contributed by atoms with van der Waals surface area (Å²) in [6.45, 7) is 4.17. The van der Waals surface area contributed by atoms with Crippen molar-refractivity contribution in [3.8, 4) is 5.75 Å². The van der Waals surface area contributed by atoms with Crippen LogP contribution in [0.15, 0.2) is 51.7 Å². The number of pyridine rings is 1. The van der Waals surface area contributed by atoms with E-state index in [0.717, 1.165) is 23.6 Å². The minimum Gasteiger partial charge on any atom is -0.496 e. The van der Waals surface area contributed by atoms with Crippen LogP contribution < -0.4 is 10.3 Å². The molecule has 0 atom stereocenters. The van der Waals surface area contributed by atoms with Crippen molar-refractivity contribution in [2.24, 2.45) is 0 Å². The topological polar surface area (TPSA) is 77.2 Å². The van der Waals surface area contributed by atoms with E-state index < -0.39 is 0 Å². The molecule has 3 aromatic rings. The Morgan fingerprint density at radius 3 is 2.57 bits per heavy atom. The number of carbonyl (C=O) groups is 1. The van der Waals surface area contributed by atoms with Gasteiger partial charge in [-0.3, -0.25) is 14.5 Å². The Hall–Kier alpha value is -3.36. The molecule has 1 aromatic carbocycles. The van der Waals surface area contributed by atoms with Crippen molar-refractivity contribution in [3.05, 3.63) is 86.7 Å². The van der Waals surface area contributed by atoms with Gasteiger partial charge >= 0.3 is 0 Å². The van der Waals surface area contributed by atoms with Gasteiger partial charge in [0.25, 0.3) is 11.5 Å². The first-order valence-corrected chi connectivity index (χ1v) is 12.0. The van der Waals surface area contributed by atoms with Crippen molar-refractivity contribution in [3.63, 3.8) is 0 Å². The van der Waals surface area contributed by atoms with Crippen LogP contribution in [0.2, 0.25) is 0 Å². The zero-order valence-corrected chi connectivity index (χ0v) is 20.3. The van der Waals surface area contributed by atoms with Crippen LogP contribution in [0.1, 0.15) is 38.7 Å². The summed E-state index contributed by atoms with van der Waals surface area (Å²) < 4.78 is 18.3. The number of furan rings is 1. The molecule has 2 aliphatic heterocycles. The Morgan fingerprint density at radius 2 is 1.77 bits per heavy atom. The number of rotatable bonds is 6. The third-order valence-corrected chi connectivity index (χ3v) is 6.92. The van der Waals surface area contributed by atoms with Gasteiger partial charge in [0.1, 0.15) is 29.4 Å². The summed E-state index contributed by atoms with van der Waals surface area (Å²) in [5, 5.41) is 0. The Labute approximate surface area is 204 Å². The first-order valence-electron chi connectivity index (χ1n) is 12.0. The van der Waals surface area contributed by atoms with E-state index in [-0.39, 0.29) is 11.5 Å². The van der Waals surface area contributed by atoms with E-state index in [1.165, 1.54) is 24.3 Å². The van der Waals surface area contributed by atoms with Crippen molar-refractivity contribution < 1.29 is 18.7 Å². The number of nitrogens with zero attached hydrogens (tertiary/aromatic N) is 3. The van der Waals surface area contributed by atoms with Gasteiger partial charge in [0.15, 0.2) is 0 Å². The molecule has 5 rings (SSSR count). The van der Waals surface area contributed by atoms with Gasteiger partial charge in [0, 0.05) is 58.0 Å². The summed E-state index contributed by atoms with van der Waals surface area (Å²) >= 11 is 0. The van der Waals surface area contributed by atoms with Gasteiger partial charge in [0.05, 0.1) is 13.7 Å². The molecule has 0 bridgehead atoms. The smallest absolute Gasteiger partial charge is 0.259 e. The van der Waals surface area contributed by atoms with Crippen LogP contribution in [-0.4, -0.2) is 54.1 Å². The maximum atomic E-state index is 13.8. The number of amides is 1. The Morgan fingerprint density at radius 1 is 0.971 bits per heavy atom. The number of methoxy groups -OCH3 is 2. The lowest BCUT2D eigenvalue weighted by Crippen LogP contribution is -2.38. The first kappa shape index (κ1) is 23.4. The lowest BCUT2D eigenvalue weighted by Gasteiger charge is -2.30. The first-order chi connectivity index (χ1) is 17.1. The maximum Gasteiger partial charge on any atom is 0.259 e. The molecule has 8 heteroatoms. The minimum atomic E-state index is -0.139. The van der Waals surface area contributed by atoms with Gasteiger partial charge in [-0.25, -0.2) is 0 Å². The monoisotopic (exact) mass is 477 g/mol. The Balaban J connectivity index is 1.40. The second-order valence-electron chi connectivity index (χ2n) is 9.10.